The fourth-order valence-electron chi connectivity index (χ4n) is 2.79. The molecule has 0 unspecified atom stereocenters. The number of hydrogen-bond acceptors (Lipinski definition) is 5. The van der Waals surface area contributed by atoms with Gasteiger partial charge in [-0.1, -0.05) is 25.8 Å². The fraction of sp³-hybridized carbons (Fsp3) is 0.842. The Bertz CT molecular complexity index is 553. The highest BCUT2D eigenvalue weighted by molar-refractivity contribution is 7.52. The van der Waals surface area contributed by atoms with Crippen molar-refractivity contribution < 1.29 is 43.0 Å². The molecule has 9 nitrogen and oxygen atoms in total. The van der Waals surface area contributed by atoms with E-state index in [4.69, 9.17) is 29.0 Å². The summed E-state index contributed by atoms with van der Waals surface area (Å²) in [5, 5.41) is 0. The Labute approximate surface area is 179 Å². The molecule has 0 bridgehead atoms. The summed E-state index contributed by atoms with van der Waals surface area (Å²) in [7, 11) is -7.97. The molecular formula is C19H38O9P2. The number of ether oxygens (including phenoxy) is 2. The first-order chi connectivity index (χ1) is 13.9. The van der Waals surface area contributed by atoms with Crippen molar-refractivity contribution in [3.05, 3.63) is 12.2 Å². The van der Waals surface area contributed by atoms with Crippen LogP contribution in [0.3, 0.4) is 0 Å². The van der Waals surface area contributed by atoms with Crippen molar-refractivity contribution in [3.63, 3.8) is 0 Å². The van der Waals surface area contributed by atoms with Crippen LogP contribution in [0.1, 0.15) is 71.1 Å². The molecule has 0 aliphatic heterocycles. The minimum absolute atomic E-state index is 0.0879. The average molecular weight is 472 g/mol. The normalized spacial score (nSPS) is 12.3. The summed E-state index contributed by atoms with van der Waals surface area (Å²) in [5.41, 5.74) is 0.385. The molecule has 0 aliphatic rings. The quantitative estimate of drug-likeness (QED) is 0.0953. The van der Waals surface area contributed by atoms with Crippen molar-refractivity contribution in [2.24, 2.45) is 0 Å². The third-order valence-corrected chi connectivity index (χ3v) is 6.22. The first-order valence-corrected chi connectivity index (χ1v) is 14.0. The van der Waals surface area contributed by atoms with E-state index in [0.717, 1.165) is 25.7 Å². The van der Waals surface area contributed by atoms with Crippen LogP contribution < -0.4 is 0 Å². The molecule has 30 heavy (non-hydrogen) atoms. The smallest absolute Gasteiger partial charge is 0.333 e. The first-order valence-electron chi connectivity index (χ1n) is 10.4. The van der Waals surface area contributed by atoms with E-state index < -0.39 is 15.2 Å². The monoisotopic (exact) mass is 472 g/mol. The SMILES string of the molecule is C=C(C)C(=O)OCCCCCCOC(CCCCP(=O)(O)O)CCCCP(=O)(O)O. The van der Waals surface area contributed by atoms with E-state index in [1.54, 1.807) is 6.92 Å². The van der Waals surface area contributed by atoms with Gasteiger partial charge in [0.15, 0.2) is 0 Å². The molecule has 0 aliphatic carbocycles. The van der Waals surface area contributed by atoms with Crippen molar-refractivity contribution in [2.75, 3.05) is 25.5 Å². The van der Waals surface area contributed by atoms with Crippen molar-refractivity contribution >= 4 is 21.2 Å². The van der Waals surface area contributed by atoms with Gasteiger partial charge in [-0.15, -0.1) is 0 Å². The van der Waals surface area contributed by atoms with Crippen molar-refractivity contribution in [1.29, 1.82) is 0 Å². The van der Waals surface area contributed by atoms with Gasteiger partial charge in [-0.05, 0) is 51.9 Å². The molecule has 11 heteroatoms. The molecule has 0 aromatic rings. The fourth-order valence-corrected chi connectivity index (χ4v) is 4.06. The molecule has 0 aromatic heterocycles. The lowest BCUT2D eigenvalue weighted by atomic mass is 10.1. The minimum atomic E-state index is -3.99. The van der Waals surface area contributed by atoms with Gasteiger partial charge < -0.3 is 29.0 Å². The summed E-state index contributed by atoms with van der Waals surface area (Å²) < 4.78 is 32.8. The van der Waals surface area contributed by atoms with Crippen LogP contribution >= 0.6 is 15.2 Å². The molecule has 0 amide bonds. The van der Waals surface area contributed by atoms with Crippen molar-refractivity contribution in [2.45, 2.75) is 77.2 Å². The molecule has 178 valence electrons. The number of hydrogen-bond donors (Lipinski definition) is 4. The van der Waals surface area contributed by atoms with Crippen molar-refractivity contribution in [3.8, 4) is 0 Å². The van der Waals surface area contributed by atoms with Gasteiger partial charge in [-0.2, -0.15) is 0 Å². The van der Waals surface area contributed by atoms with E-state index in [-0.39, 0.29) is 24.4 Å². The lowest BCUT2D eigenvalue weighted by Crippen LogP contribution is -2.14. The minimum Gasteiger partial charge on any atom is -0.462 e. The highest BCUT2D eigenvalue weighted by Crippen LogP contribution is 2.36. The van der Waals surface area contributed by atoms with Crippen LogP contribution in [0, 0.1) is 0 Å². The lowest BCUT2D eigenvalue weighted by molar-refractivity contribution is -0.139. The maximum atomic E-state index is 11.3. The largest absolute Gasteiger partial charge is 0.462 e. The van der Waals surface area contributed by atoms with E-state index in [1.165, 1.54) is 0 Å². The Balaban J connectivity index is 4.04. The molecule has 0 atom stereocenters. The van der Waals surface area contributed by atoms with Gasteiger partial charge in [0.25, 0.3) is 0 Å². The molecule has 0 heterocycles. The Morgan fingerprint density at radius 3 is 1.70 bits per heavy atom. The molecule has 0 rings (SSSR count). The summed E-state index contributed by atoms with van der Waals surface area (Å²) >= 11 is 0. The van der Waals surface area contributed by atoms with Gasteiger partial charge in [0.1, 0.15) is 0 Å². The van der Waals surface area contributed by atoms with Crippen LogP contribution in [0.5, 0.6) is 0 Å². The second-order valence-corrected chi connectivity index (χ2v) is 11.1. The van der Waals surface area contributed by atoms with Gasteiger partial charge in [-0.3, -0.25) is 9.13 Å². The summed E-state index contributed by atoms with van der Waals surface area (Å²) in [6.07, 6.45) is 6.46. The summed E-state index contributed by atoms with van der Waals surface area (Å²) in [6, 6.07) is 0. The zero-order chi connectivity index (χ0) is 23.0. The number of carbonyl (C=O) groups excluding carboxylic acids is 1. The Kier molecular flexibility index (Phi) is 15.9. The second kappa shape index (κ2) is 16.2. The van der Waals surface area contributed by atoms with Crippen LogP contribution in [-0.2, 0) is 23.4 Å². The number of unbranched alkanes of at least 4 members (excludes halogenated alkanes) is 5. The molecule has 0 fully saturated rings. The average Bonchev–Trinajstić information content (AvgIpc) is 2.61. The van der Waals surface area contributed by atoms with Crippen LogP contribution in [0.25, 0.3) is 0 Å². The van der Waals surface area contributed by atoms with E-state index in [9.17, 15) is 13.9 Å². The predicted octanol–water partition coefficient (Wildman–Crippen LogP) is 3.75. The first kappa shape index (κ1) is 29.5. The Morgan fingerprint density at radius 2 is 1.27 bits per heavy atom. The van der Waals surface area contributed by atoms with Gasteiger partial charge in [0, 0.05) is 24.5 Å². The topological polar surface area (TPSA) is 151 Å². The second-order valence-electron chi connectivity index (χ2n) is 7.59. The zero-order valence-corrected chi connectivity index (χ0v) is 19.7. The number of rotatable bonds is 19. The lowest BCUT2D eigenvalue weighted by Gasteiger charge is -2.18. The highest BCUT2D eigenvalue weighted by Gasteiger charge is 2.16. The van der Waals surface area contributed by atoms with Crippen LogP contribution in [-0.4, -0.2) is 57.2 Å². The predicted molar refractivity (Wildman–Crippen MR) is 116 cm³/mol. The molecule has 0 radical (unpaired) electrons. The van der Waals surface area contributed by atoms with E-state index in [2.05, 4.69) is 6.58 Å². The Morgan fingerprint density at radius 1 is 0.800 bits per heavy atom. The third kappa shape index (κ3) is 20.7. The van der Waals surface area contributed by atoms with Gasteiger partial charge in [0.05, 0.1) is 12.7 Å². The van der Waals surface area contributed by atoms with Gasteiger partial charge >= 0.3 is 21.2 Å². The van der Waals surface area contributed by atoms with E-state index in [1.807, 2.05) is 0 Å². The number of esters is 1. The van der Waals surface area contributed by atoms with Crippen molar-refractivity contribution in [1.82, 2.24) is 0 Å². The maximum Gasteiger partial charge on any atom is 0.333 e. The van der Waals surface area contributed by atoms with Crippen LogP contribution in [0.15, 0.2) is 12.2 Å². The summed E-state index contributed by atoms with van der Waals surface area (Å²) in [5.74, 6) is -0.376. The molecule has 0 spiro atoms. The molecule has 0 saturated carbocycles. The standard InChI is InChI=1S/C19H38O9P2/c1-17(2)19(20)28-14-8-4-3-7-13-27-18(11-5-9-15-29(21,22)23)12-6-10-16-30(24,25)26/h18H,1,3-16H2,2H3,(H2,21,22,23)(H2,24,25,26). The third-order valence-electron chi connectivity index (χ3n) is 4.42. The van der Waals surface area contributed by atoms with Gasteiger partial charge in [-0.25, -0.2) is 4.79 Å². The summed E-state index contributed by atoms with van der Waals surface area (Å²) in [4.78, 5) is 47.0. The van der Waals surface area contributed by atoms with E-state index in [0.29, 0.717) is 57.3 Å². The molecule has 4 N–H and O–H groups in total. The van der Waals surface area contributed by atoms with E-state index >= 15 is 0 Å². The number of carbonyl (C=O) groups is 1. The maximum absolute atomic E-state index is 11.3. The van der Waals surface area contributed by atoms with Crippen LogP contribution in [0.4, 0.5) is 0 Å². The summed E-state index contributed by atoms with van der Waals surface area (Å²) in [6.45, 7) is 6.04. The highest BCUT2D eigenvalue weighted by atomic mass is 31.2. The van der Waals surface area contributed by atoms with Gasteiger partial charge in [0.2, 0.25) is 0 Å². The Hall–Kier alpha value is -0.530. The van der Waals surface area contributed by atoms with Crippen LogP contribution in [0.2, 0.25) is 0 Å². The molecular weight excluding hydrogens is 434 g/mol. The zero-order valence-electron chi connectivity index (χ0n) is 17.9. The molecule has 0 saturated heterocycles. The molecule has 0 aromatic carbocycles.